The minimum Gasteiger partial charge on any atom is -0.455 e. The fraction of sp³-hybridized carbons (Fsp3) is 0. The van der Waals surface area contributed by atoms with Crippen LogP contribution in [0.3, 0.4) is 0 Å². The average Bonchev–Trinajstić information content (AvgIpc) is 3.92. The number of hydrogen-bond acceptors (Lipinski definition) is 3. The van der Waals surface area contributed by atoms with E-state index >= 15 is 0 Å². The van der Waals surface area contributed by atoms with Crippen molar-refractivity contribution in [1.82, 2.24) is 4.48 Å². The Kier molecular flexibility index (Phi) is 5.33. The molecule has 0 saturated carbocycles. The highest BCUT2D eigenvalue weighted by molar-refractivity contribution is 7.17. The first-order valence-corrected chi connectivity index (χ1v) is 19.1. The molecule has 0 N–H and O–H groups in total. The monoisotopic (exact) mass is 690 g/mol. The molecular formula is C48H27BN2OS. The first-order valence-electron chi connectivity index (χ1n) is 18.2. The molecule has 0 atom stereocenters. The second-order valence-electron chi connectivity index (χ2n) is 14.5. The molecular weight excluding hydrogens is 663 g/mol. The summed E-state index contributed by atoms with van der Waals surface area (Å²) in [6.45, 7) is -0.0144. The summed E-state index contributed by atoms with van der Waals surface area (Å²) in [6.07, 6.45) is 0. The number of para-hydroxylation sites is 1. The number of aromatic nitrogens is 1. The molecule has 2 aliphatic heterocycles. The van der Waals surface area contributed by atoms with Crippen molar-refractivity contribution in [2.45, 2.75) is 0 Å². The quantitative estimate of drug-likeness (QED) is 0.168. The molecule has 5 heterocycles. The number of fused-ring (bicyclic) bond motifs is 13. The predicted molar refractivity (Wildman–Crippen MR) is 226 cm³/mol. The van der Waals surface area contributed by atoms with Gasteiger partial charge in [0.25, 0.3) is 0 Å². The van der Waals surface area contributed by atoms with E-state index in [1.165, 1.54) is 98.3 Å². The second kappa shape index (κ2) is 10.1. The van der Waals surface area contributed by atoms with Crippen LogP contribution in [0.2, 0.25) is 0 Å². The molecule has 53 heavy (non-hydrogen) atoms. The van der Waals surface area contributed by atoms with Crippen molar-refractivity contribution in [3.8, 4) is 21.6 Å². The van der Waals surface area contributed by atoms with Gasteiger partial charge in [-0.3, -0.25) is 0 Å². The lowest BCUT2D eigenvalue weighted by Crippen LogP contribution is -2.55. The van der Waals surface area contributed by atoms with Gasteiger partial charge in [0.05, 0.1) is 16.6 Å². The molecule has 11 aromatic rings. The van der Waals surface area contributed by atoms with E-state index in [1.807, 2.05) is 11.3 Å². The van der Waals surface area contributed by atoms with E-state index in [1.54, 1.807) is 0 Å². The number of rotatable bonds is 2. The molecule has 0 bridgehead atoms. The molecule has 8 aromatic carbocycles. The summed E-state index contributed by atoms with van der Waals surface area (Å²) in [5, 5.41) is 12.1. The Labute approximate surface area is 308 Å². The molecule has 0 radical (unpaired) electrons. The number of furan rings is 1. The van der Waals surface area contributed by atoms with Gasteiger partial charge in [0, 0.05) is 48.9 Å². The SMILES string of the molecule is c1ccc(-c2ccc3c(c2)c2c4oc5ccccc5c4cc4c2n3B2c3cc5ccccc5cc3N(c3ccc5ccccc5c3)c3csc-4c32)cc1. The first kappa shape index (κ1) is 28.1. The fourth-order valence-corrected chi connectivity index (χ4v) is 10.6. The third-order valence-electron chi connectivity index (χ3n) is 11.8. The number of anilines is 3. The summed E-state index contributed by atoms with van der Waals surface area (Å²) in [4.78, 5) is 3.86. The van der Waals surface area contributed by atoms with Crippen molar-refractivity contribution >= 4 is 111 Å². The van der Waals surface area contributed by atoms with Gasteiger partial charge < -0.3 is 13.8 Å². The largest absolute Gasteiger partial charge is 0.455 e. The molecule has 0 spiro atoms. The minimum absolute atomic E-state index is 0.0144. The van der Waals surface area contributed by atoms with Crippen molar-refractivity contribution in [3.63, 3.8) is 0 Å². The van der Waals surface area contributed by atoms with Crippen LogP contribution < -0.4 is 15.8 Å². The number of thiophene rings is 1. The number of nitrogens with zero attached hydrogens (tertiary/aromatic N) is 2. The smallest absolute Gasteiger partial charge is 0.333 e. The van der Waals surface area contributed by atoms with Crippen LogP contribution in [0.1, 0.15) is 0 Å². The van der Waals surface area contributed by atoms with Crippen molar-refractivity contribution < 1.29 is 4.42 Å². The Morgan fingerprint density at radius 3 is 2.17 bits per heavy atom. The highest BCUT2D eigenvalue weighted by Gasteiger charge is 2.44. The maximum Gasteiger partial charge on any atom is 0.333 e. The Morgan fingerprint density at radius 2 is 1.30 bits per heavy atom. The normalized spacial score (nSPS) is 13.2. The summed E-state index contributed by atoms with van der Waals surface area (Å²) in [5.74, 6) is 0. The van der Waals surface area contributed by atoms with Gasteiger partial charge in [-0.25, -0.2) is 0 Å². The zero-order valence-corrected chi connectivity index (χ0v) is 29.2. The molecule has 244 valence electrons. The molecule has 3 nitrogen and oxygen atoms in total. The molecule has 5 heteroatoms. The van der Waals surface area contributed by atoms with E-state index < -0.39 is 0 Å². The van der Waals surface area contributed by atoms with E-state index in [0.717, 1.165) is 16.6 Å². The predicted octanol–water partition coefficient (Wildman–Crippen LogP) is 12.1. The summed E-state index contributed by atoms with van der Waals surface area (Å²) in [7, 11) is 0. The molecule has 0 aliphatic carbocycles. The topological polar surface area (TPSA) is 21.3 Å². The maximum atomic E-state index is 6.85. The van der Waals surface area contributed by atoms with Gasteiger partial charge >= 0.3 is 6.85 Å². The Hall–Kier alpha value is -6.56. The second-order valence-corrected chi connectivity index (χ2v) is 15.4. The van der Waals surface area contributed by atoms with E-state index in [0.29, 0.717) is 0 Å². The minimum atomic E-state index is -0.0144. The van der Waals surface area contributed by atoms with Crippen LogP contribution in [0.4, 0.5) is 17.1 Å². The molecule has 3 aromatic heterocycles. The van der Waals surface area contributed by atoms with Gasteiger partial charge in [-0.05, 0) is 86.1 Å². The van der Waals surface area contributed by atoms with Crippen molar-refractivity contribution in [3.05, 3.63) is 163 Å². The lowest BCUT2D eigenvalue weighted by molar-refractivity contribution is 0.673. The Bertz CT molecular complexity index is 3370. The van der Waals surface area contributed by atoms with Crippen LogP contribution in [0.5, 0.6) is 0 Å². The fourth-order valence-electron chi connectivity index (χ4n) is 9.48. The zero-order valence-electron chi connectivity index (χ0n) is 28.4. The molecule has 13 rings (SSSR count). The highest BCUT2D eigenvalue weighted by atomic mass is 32.1. The van der Waals surface area contributed by atoms with Gasteiger partial charge in [-0.15, -0.1) is 11.3 Å². The third kappa shape index (κ3) is 3.64. The highest BCUT2D eigenvalue weighted by Crippen LogP contribution is 2.51. The summed E-state index contributed by atoms with van der Waals surface area (Å²) in [5.41, 5.74) is 14.4. The summed E-state index contributed by atoms with van der Waals surface area (Å²) >= 11 is 1.87. The van der Waals surface area contributed by atoms with Crippen molar-refractivity contribution in [2.75, 3.05) is 4.90 Å². The van der Waals surface area contributed by atoms with Gasteiger partial charge in [0.1, 0.15) is 11.2 Å². The lowest BCUT2D eigenvalue weighted by Gasteiger charge is -2.38. The van der Waals surface area contributed by atoms with Crippen LogP contribution in [0.25, 0.3) is 86.9 Å². The Morgan fingerprint density at radius 1 is 0.547 bits per heavy atom. The lowest BCUT2D eigenvalue weighted by atomic mass is 9.46. The van der Waals surface area contributed by atoms with Crippen molar-refractivity contribution in [2.24, 2.45) is 0 Å². The van der Waals surface area contributed by atoms with E-state index in [9.17, 15) is 0 Å². The molecule has 0 fully saturated rings. The van der Waals surface area contributed by atoms with E-state index in [-0.39, 0.29) is 6.85 Å². The third-order valence-corrected chi connectivity index (χ3v) is 12.8. The van der Waals surface area contributed by atoms with Gasteiger partial charge in [0.2, 0.25) is 0 Å². The van der Waals surface area contributed by atoms with Crippen LogP contribution in [0, 0.1) is 0 Å². The molecule has 2 aliphatic rings. The van der Waals surface area contributed by atoms with Crippen LogP contribution >= 0.6 is 11.3 Å². The first-order chi connectivity index (χ1) is 26.3. The van der Waals surface area contributed by atoms with Crippen LogP contribution in [0.15, 0.2) is 168 Å². The summed E-state index contributed by atoms with van der Waals surface area (Å²) in [6, 6.07) is 57.9. The van der Waals surface area contributed by atoms with E-state index in [4.69, 9.17) is 4.42 Å². The Balaban J connectivity index is 1.19. The standard InChI is InChI=1S/C48H27BN2OS/c1-2-10-28(11-3-1)33-19-21-40-37(23-33)44-46-38(26-36-35-16-8-9-17-43(35)52-47(36)44)48-45-42(27-53-48)50(34-20-18-29-12-4-5-13-30(29)22-34)41-25-32-15-7-6-14-31(32)24-39(41)49(45)51(40)46/h1-27H. The van der Waals surface area contributed by atoms with Crippen molar-refractivity contribution in [1.29, 1.82) is 0 Å². The molecule has 0 amide bonds. The zero-order chi connectivity index (χ0) is 34.4. The van der Waals surface area contributed by atoms with Crippen LogP contribution in [-0.2, 0) is 0 Å². The molecule has 0 unspecified atom stereocenters. The molecule has 0 saturated heterocycles. The van der Waals surface area contributed by atoms with E-state index in [2.05, 4.69) is 172 Å². The van der Waals surface area contributed by atoms with Crippen LogP contribution in [-0.4, -0.2) is 11.3 Å². The van der Waals surface area contributed by atoms with Gasteiger partial charge in [0.15, 0.2) is 0 Å². The average molecular weight is 691 g/mol. The maximum absolute atomic E-state index is 6.85. The summed E-state index contributed by atoms with van der Waals surface area (Å²) < 4.78 is 9.50. The number of hydrogen-bond donors (Lipinski definition) is 0. The number of benzene rings is 8. The van der Waals surface area contributed by atoms with Gasteiger partial charge in [-0.2, -0.15) is 0 Å². The van der Waals surface area contributed by atoms with Gasteiger partial charge in [-0.1, -0.05) is 115 Å².